The van der Waals surface area contributed by atoms with E-state index >= 15 is 0 Å². The summed E-state index contributed by atoms with van der Waals surface area (Å²) in [5.41, 5.74) is 3.20. The lowest BCUT2D eigenvalue weighted by molar-refractivity contribution is 0.0600. The smallest absolute Gasteiger partial charge is 0.337 e. The number of hydrogen-bond acceptors (Lipinski definition) is 5. The van der Waals surface area contributed by atoms with Gasteiger partial charge in [0.1, 0.15) is 0 Å². The summed E-state index contributed by atoms with van der Waals surface area (Å²) in [6.07, 6.45) is 1.02. The number of halogens is 1. The number of rotatable bonds is 5. The lowest BCUT2D eigenvalue weighted by Crippen LogP contribution is -2.17. The molecule has 0 aromatic heterocycles. The van der Waals surface area contributed by atoms with Gasteiger partial charge in [-0.15, -0.1) is 0 Å². The molecule has 1 N–H and O–H groups in total. The number of esters is 1. The van der Waals surface area contributed by atoms with Gasteiger partial charge in [-0.05, 0) is 70.8 Å². The molecule has 4 aromatic carbocycles. The second-order valence-electron chi connectivity index (χ2n) is 8.08. The van der Waals surface area contributed by atoms with Gasteiger partial charge in [0.05, 0.1) is 28.8 Å². The number of hydrogen-bond donors (Lipinski definition) is 1. The van der Waals surface area contributed by atoms with E-state index in [0.717, 1.165) is 38.2 Å². The largest absolute Gasteiger partial charge is 0.465 e. The minimum Gasteiger partial charge on any atom is -0.465 e. The summed E-state index contributed by atoms with van der Waals surface area (Å²) in [7, 11) is -2.55. The first-order valence-electron chi connectivity index (χ1n) is 10.6. The van der Waals surface area contributed by atoms with Crippen molar-refractivity contribution < 1.29 is 22.7 Å². The maximum atomic E-state index is 13.7. The number of nitrogens with one attached hydrogen (secondary N) is 1. The zero-order valence-corrected chi connectivity index (χ0v) is 21.7. The van der Waals surface area contributed by atoms with Crippen LogP contribution in [0.3, 0.4) is 0 Å². The van der Waals surface area contributed by atoms with Crippen molar-refractivity contribution in [1.82, 2.24) is 0 Å². The molecule has 0 heterocycles. The summed E-state index contributed by atoms with van der Waals surface area (Å²) in [5.74, 6) is -1.13. The second-order valence-corrected chi connectivity index (χ2v) is 11.0. The fraction of sp³-hybridized carbons (Fsp3) is 0.111. The van der Waals surface area contributed by atoms with Gasteiger partial charge in [0.2, 0.25) is 0 Å². The fourth-order valence-corrected chi connectivity index (χ4v) is 5.26. The lowest BCUT2D eigenvalue weighted by atomic mass is 9.91. The van der Waals surface area contributed by atoms with Crippen molar-refractivity contribution in [3.63, 3.8) is 0 Å². The van der Waals surface area contributed by atoms with Gasteiger partial charge in [-0.25, -0.2) is 13.2 Å². The van der Waals surface area contributed by atoms with Gasteiger partial charge in [0.15, 0.2) is 9.84 Å². The SMILES string of the molecule is COC(=O)c1ccc(NC(=O)c2c(C)c(-c3ccccc3)cc3ccc(Br)cc23)c(S(C)(=O)=O)c1. The lowest BCUT2D eigenvalue weighted by Gasteiger charge is -2.17. The highest BCUT2D eigenvalue weighted by Crippen LogP contribution is 2.35. The summed E-state index contributed by atoms with van der Waals surface area (Å²) in [6.45, 7) is 1.87. The molecule has 0 aliphatic heterocycles. The minimum absolute atomic E-state index is 0.0718. The number of ether oxygens (including phenoxy) is 1. The molecule has 0 atom stereocenters. The van der Waals surface area contributed by atoms with Gasteiger partial charge in [0.25, 0.3) is 5.91 Å². The number of sulfone groups is 1. The molecule has 8 heteroatoms. The molecule has 0 fully saturated rings. The van der Waals surface area contributed by atoms with Crippen molar-refractivity contribution in [1.29, 1.82) is 0 Å². The van der Waals surface area contributed by atoms with E-state index in [-0.39, 0.29) is 16.1 Å². The van der Waals surface area contributed by atoms with E-state index in [9.17, 15) is 18.0 Å². The molecule has 1 amide bonds. The van der Waals surface area contributed by atoms with E-state index in [0.29, 0.717) is 5.56 Å². The molecule has 6 nitrogen and oxygen atoms in total. The van der Waals surface area contributed by atoms with Gasteiger partial charge in [-0.2, -0.15) is 0 Å². The van der Waals surface area contributed by atoms with Crippen molar-refractivity contribution in [2.24, 2.45) is 0 Å². The molecule has 0 saturated carbocycles. The monoisotopic (exact) mass is 551 g/mol. The second kappa shape index (κ2) is 9.64. The van der Waals surface area contributed by atoms with E-state index in [1.165, 1.54) is 25.3 Å². The number of amides is 1. The van der Waals surface area contributed by atoms with Crippen molar-refractivity contribution in [3.8, 4) is 11.1 Å². The average Bonchev–Trinajstić information content (AvgIpc) is 2.83. The number of carbonyl (C=O) groups is 2. The molecule has 35 heavy (non-hydrogen) atoms. The summed E-state index contributed by atoms with van der Waals surface area (Å²) in [4.78, 5) is 25.4. The molecule has 4 rings (SSSR count). The van der Waals surface area contributed by atoms with Gasteiger partial charge in [-0.1, -0.05) is 52.3 Å². The van der Waals surface area contributed by atoms with E-state index in [4.69, 9.17) is 4.74 Å². The van der Waals surface area contributed by atoms with Crippen LogP contribution < -0.4 is 5.32 Å². The molecule has 0 aliphatic rings. The van der Waals surface area contributed by atoms with Crippen LogP contribution in [0.2, 0.25) is 0 Å². The highest BCUT2D eigenvalue weighted by molar-refractivity contribution is 9.10. The van der Waals surface area contributed by atoms with Crippen LogP contribution in [0.1, 0.15) is 26.3 Å². The van der Waals surface area contributed by atoms with Gasteiger partial charge in [0, 0.05) is 10.7 Å². The molecule has 4 aromatic rings. The topological polar surface area (TPSA) is 89.5 Å². The normalized spacial score (nSPS) is 11.3. The Morgan fingerprint density at radius 1 is 0.943 bits per heavy atom. The number of fused-ring (bicyclic) bond motifs is 1. The van der Waals surface area contributed by atoms with Crippen molar-refractivity contribution in [2.75, 3.05) is 18.7 Å². The van der Waals surface area contributed by atoms with E-state index in [1.54, 1.807) is 0 Å². The Labute approximate surface area is 212 Å². The predicted octanol–water partition coefficient (Wildman–Crippen LogP) is 6.02. The predicted molar refractivity (Wildman–Crippen MR) is 141 cm³/mol. The third-order valence-electron chi connectivity index (χ3n) is 5.73. The number of benzene rings is 4. The molecule has 0 radical (unpaired) electrons. The van der Waals surface area contributed by atoms with Crippen LogP contribution >= 0.6 is 15.9 Å². The molecule has 178 valence electrons. The summed E-state index contributed by atoms with van der Waals surface area (Å²) >= 11 is 3.48. The first-order chi connectivity index (χ1) is 16.6. The van der Waals surface area contributed by atoms with Crippen molar-refractivity contribution in [2.45, 2.75) is 11.8 Å². The third kappa shape index (κ3) is 4.99. The first kappa shape index (κ1) is 24.6. The quantitative estimate of drug-likeness (QED) is 0.306. The van der Waals surface area contributed by atoms with Gasteiger partial charge < -0.3 is 10.1 Å². The molecule has 0 bridgehead atoms. The minimum atomic E-state index is -3.77. The number of methoxy groups -OCH3 is 1. The van der Waals surface area contributed by atoms with E-state index < -0.39 is 21.7 Å². The molecule has 0 spiro atoms. The van der Waals surface area contributed by atoms with E-state index in [2.05, 4.69) is 21.2 Å². The van der Waals surface area contributed by atoms with Crippen LogP contribution in [0.5, 0.6) is 0 Å². The maximum Gasteiger partial charge on any atom is 0.337 e. The Hall–Kier alpha value is -3.49. The molecule has 0 unspecified atom stereocenters. The number of carbonyl (C=O) groups excluding carboxylic acids is 2. The zero-order valence-electron chi connectivity index (χ0n) is 19.3. The highest BCUT2D eigenvalue weighted by Gasteiger charge is 2.22. The zero-order chi connectivity index (χ0) is 25.3. The Bertz CT molecular complexity index is 1580. The standard InChI is InChI=1S/C27H22BrNO5S/c1-16-21(17-7-5-4-6-8-17)13-18-9-11-20(28)15-22(18)25(16)26(30)29-23-12-10-19(27(31)34-2)14-24(23)35(3,32)33/h4-15H,1-3H3,(H,29,30). The third-order valence-corrected chi connectivity index (χ3v) is 7.36. The Morgan fingerprint density at radius 2 is 1.66 bits per heavy atom. The maximum absolute atomic E-state index is 13.7. The molecular weight excluding hydrogens is 530 g/mol. The van der Waals surface area contributed by atoms with Crippen LogP contribution in [-0.4, -0.2) is 33.7 Å². The van der Waals surface area contributed by atoms with Crippen LogP contribution in [0.15, 0.2) is 82.2 Å². The van der Waals surface area contributed by atoms with Crippen molar-refractivity contribution >= 4 is 54.1 Å². The molecular formula is C27H22BrNO5S. The highest BCUT2D eigenvalue weighted by atomic mass is 79.9. The van der Waals surface area contributed by atoms with Gasteiger partial charge >= 0.3 is 5.97 Å². The Morgan fingerprint density at radius 3 is 2.31 bits per heavy atom. The van der Waals surface area contributed by atoms with Crippen LogP contribution in [0.25, 0.3) is 21.9 Å². The molecule has 0 aliphatic carbocycles. The first-order valence-corrected chi connectivity index (χ1v) is 13.3. The Kier molecular flexibility index (Phi) is 6.78. The average molecular weight is 552 g/mol. The summed E-state index contributed by atoms with van der Waals surface area (Å²) < 4.78 is 30.5. The molecule has 0 saturated heterocycles. The van der Waals surface area contributed by atoms with Crippen molar-refractivity contribution in [3.05, 3.63) is 94.0 Å². The summed E-state index contributed by atoms with van der Waals surface area (Å²) in [6, 6.07) is 21.5. The fourth-order valence-electron chi connectivity index (χ4n) is 4.04. The summed E-state index contributed by atoms with van der Waals surface area (Å²) in [5, 5.41) is 4.35. The van der Waals surface area contributed by atoms with Gasteiger partial charge in [-0.3, -0.25) is 4.79 Å². The van der Waals surface area contributed by atoms with Crippen LogP contribution in [-0.2, 0) is 14.6 Å². The Balaban J connectivity index is 1.89. The van der Waals surface area contributed by atoms with E-state index in [1.807, 2.05) is 61.5 Å². The number of anilines is 1. The van der Waals surface area contributed by atoms with Crippen LogP contribution in [0.4, 0.5) is 5.69 Å². The van der Waals surface area contributed by atoms with Crippen LogP contribution in [0, 0.1) is 6.92 Å².